The number of hydrogen-bond donors (Lipinski definition) is 6. The van der Waals surface area contributed by atoms with Gasteiger partial charge in [-0.2, -0.15) is 0 Å². The molecular formula is C48H85O13P. The number of esters is 2. The van der Waals surface area contributed by atoms with Crippen LogP contribution in [0.4, 0.5) is 0 Å². The van der Waals surface area contributed by atoms with E-state index in [0.717, 1.165) is 83.5 Å². The molecule has 1 rings (SSSR count). The maximum Gasteiger partial charge on any atom is 0.472 e. The second kappa shape index (κ2) is 38.1. The maximum absolute atomic E-state index is 12.8. The Bertz CT molecular complexity index is 1270. The van der Waals surface area contributed by atoms with Gasteiger partial charge in [-0.25, -0.2) is 4.57 Å². The van der Waals surface area contributed by atoms with E-state index in [1.54, 1.807) is 0 Å². The van der Waals surface area contributed by atoms with E-state index in [9.17, 15) is 44.6 Å². The maximum atomic E-state index is 12.8. The van der Waals surface area contributed by atoms with Crippen molar-refractivity contribution in [3.63, 3.8) is 0 Å². The number of carbonyl (C=O) groups is 2. The fourth-order valence-corrected chi connectivity index (χ4v) is 7.95. The SMILES string of the molecule is CCCC/C=C/C/C=C/CCCCCCCC(=O)O[C@@H](COC(=O)CCCCCCCCCCC/C=C/C/C=C/CCCCC)COP(=O)(O)OC1C(O)C(O)C(O)[C@H](O)C1O. The smallest absolute Gasteiger partial charge is 0.462 e. The zero-order valence-electron chi connectivity index (χ0n) is 38.2. The first kappa shape index (κ1) is 57.8. The lowest BCUT2D eigenvalue weighted by molar-refractivity contribution is -0.220. The minimum atomic E-state index is -5.12. The molecule has 13 nitrogen and oxygen atoms in total. The standard InChI is InChI=1S/C48H85O13P/c1-3-5-7-9-11-13-15-17-19-20-21-22-23-25-26-28-30-32-34-36-41(49)58-38-40(39-59-62(56,57)61-48-46(54)44(52)43(51)45(53)47(48)55)60-42(50)37-35-33-31-29-27-24-18-16-14-12-10-8-6-4-2/h10-13,16-19,40,43-48,51-55H,3-9,14-15,20-39H2,1-2H3,(H,56,57)/b12-10+,13-11+,18-16+,19-17+/t40-,43?,44-,45?,46?,47?,48?/m0/s1. The summed E-state index contributed by atoms with van der Waals surface area (Å²) in [5, 5.41) is 50.2. The van der Waals surface area contributed by atoms with Crippen LogP contribution < -0.4 is 0 Å². The highest BCUT2D eigenvalue weighted by atomic mass is 31.2. The molecule has 0 aromatic heterocycles. The molecule has 1 fully saturated rings. The molecule has 0 aromatic carbocycles. The normalized spacial score (nSPS) is 22.3. The molecule has 0 aliphatic heterocycles. The molecule has 0 spiro atoms. The first-order chi connectivity index (χ1) is 29.9. The molecule has 1 saturated carbocycles. The largest absolute Gasteiger partial charge is 0.472 e. The van der Waals surface area contributed by atoms with Crippen LogP contribution in [-0.2, 0) is 32.7 Å². The van der Waals surface area contributed by atoms with Crippen LogP contribution in [0.3, 0.4) is 0 Å². The number of ether oxygens (including phenoxy) is 2. The molecule has 14 heteroatoms. The van der Waals surface area contributed by atoms with E-state index >= 15 is 0 Å². The molecule has 360 valence electrons. The van der Waals surface area contributed by atoms with E-state index in [-0.39, 0.29) is 12.8 Å². The van der Waals surface area contributed by atoms with Gasteiger partial charge in [0.25, 0.3) is 0 Å². The third-order valence-corrected chi connectivity index (χ3v) is 11.9. The van der Waals surface area contributed by atoms with E-state index in [1.807, 2.05) is 0 Å². The molecule has 8 atom stereocenters. The lowest BCUT2D eigenvalue weighted by atomic mass is 9.85. The van der Waals surface area contributed by atoms with Gasteiger partial charge in [-0.05, 0) is 70.6 Å². The average molecular weight is 901 g/mol. The summed E-state index contributed by atoms with van der Waals surface area (Å²) in [5.74, 6) is -1.12. The van der Waals surface area contributed by atoms with Gasteiger partial charge in [-0.15, -0.1) is 0 Å². The predicted octanol–water partition coefficient (Wildman–Crippen LogP) is 9.56. The molecule has 6 unspecified atom stereocenters. The Hall–Kier alpha value is -2.19. The predicted molar refractivity (Wildman–Crippen MR) is 244 cm³/mol. The first-order valence-corrected chi connectivity index (χ1v) is 25.4. The highest BCUT2D eigenvalue weighted by Gasteiger charge is 2.51. The molecule has 1 aliphatic rings. The van der Waals surface area contributed by atoms with Crippen molar-refractivity contribution in [3.8, 4) is 0 Å². The number of carbonyl (C=O) groups excluding carboxylic acids is 2. The Morgan fingerprint density at radius 2 is 0.887 bits per heavy atom. The summed E-state index contributed by atoms with van der Waals surface area (Å²) in [5.41, 5.74) is 0. The molecule has 6 N–H and O–H groups in total. The van der Waals surface area contributed by atoms with Gasteiger partial charge in [0.15, 0.2) is 6.10 Å². The van der Waals surface area contributed by atoms with Crippen molar-refractivity contribution in [1.29, 1.82) is 0 Å². The third-order valence-electron chi connectivity index (χ3n) is 10.9. The molecule has 0 heterocycles. The number of phosphoric ester groups is 1. The van der Waals surface area contributed by atoms with Crippen LogP contribution in [0.25, 0.3) is 0 Å². The molecule has 0 bridgehead atoms. The van der Waals surface area contributed by atoms with Gasteiger partial charge >= 0.3 is 19.8 Å². The van der Waals surface area contributed by atoms with E-state index in [1.165, 1.54) is 64.2 Å². The van der Waals surface area contributed by atoms with E-state index in [0.29, 0.717) is 12.8 Å². The van der Waals surface area contributed by atoms with Crippen LogP contribution in [0.1, 0.15) is 187 Å². The Morgan fingerprint density at radius 1 is 0.500 bits per heavy atom. The van der Waals surface area contributed by atoms with Gasteiger partial charge < -0.3 is 39.9 Å². The summed E-state index contributed by atoms with van der Waals surface area (Å²) in [7, 11) is -5.12. The Balaban J connectivity index is 2.43. The molecule has 0 radical (unpaired) electrons. The minimum Gasteiger partial charge on any atom is -0.462 e. The van der Waals surface area contributed by atoms with Gasteiger partial charge in [0, 0.05) is 12.8 Å². The highest BCUT2D eigenvalue weighted by Crippen LogP contribution is 2.47. The highest BCUT2D eigenvalue weighted by molar-refractivity contribution is 7.47. The average Bonchev–Trinajstić information content (AvgIpc) is 3.25. The van der Waals surface area contributed by atoms with Crippen molar-refractivity contribution in [2.75, 3.05) is 13.2 Å². The second-order valence-electron chi connectivity index (χ2n) is 16.6. The zero-order valence-corrected chi connectivity index (χ0v) is 39.0. The summed E-state index contributed by atoms with van der Waals surface area (Å²) >= 11 is 0. The number of allylic oxidation sites excluding steroid dienone is 8. The van der Waals surface area contributed by atoms with Crippen LogP contribution in [0.2, 0.25) is 0 Å². The molecule has 62 heavy (non-hydrogen) atoms. The van der Waals surface area contributed by atoms with Gasteiger partial charge in [0.1, 0.15) is 43.2 Å². The molecular weight excluding hydrogens is 815 g/mol. The second-order valence-corrected chi connectivity index (χ2v) is 18.0. The van der Waals surface area contributed by atoms with Crippen LogP contribution in [0.15, 0.2) is 48.6 Å². The molecule has 1 aliphatic carbocycles. The van der Waals surface area contributed by atoms with Crippen LogP contribution in [0, 0.1) is 0 Å². The Labute approximate surface area is 373 Å². The van der Waals surface area contributed by atoms with E-state index in [2.05, 4.69) is 62.5 Å². The van der Waals surface area contributed by atoms with Crippen LogP contribution >= 0.6 is 7.82 Å². The van der Waals surface area contributed by atoms with Crippen molar-refractivity contribution in [1.82, 2.24) is 0 Å². The van der Waals surface area contributed by atoms with E-state index in [4.69, 9.17) is 18.5 Å². The van der Waals surface area contributed by atoms with Gasteiger partial charge in [0.2, 0.25) is 0 Å². The van der Waals surface area contributed by atoms with Crippen molar-refractivity contribution in [2.45, 2.75) is 230 Å². The fraction of sp³-hybridized carbons (Fsp3) is 0.792. The van der Waals surface area contributed by atoms with Gasteiger partial charge in [0.05, 0.1) is 6.61 Å². The van der Waals surface area contributed by atoms with Crippen molar-refractivity contribution >= 4 is 19.8 Å². The molecule has 0 saturated heterocycles. The van der Waals surface area contributed by atoms with Crippen LogP contribution in [0.5, 0.6) is 0 Å². The summed E-state index contributed by atoms with van der Waals surface area (Å²) in [6.45, 7) is 3.22. The quantitative estimate of drug-likeness (QED) is 0.0147. The number of hydrogen-bond acceptors (Lipinski definition) is 12. The topological polar surface area (TPSA) is 210 Å². The number of aliphatic hydroxyl groups is 5. The van der Waals surface area contributed by atoms with Gasteiger partial charge in [-0.3, -0.25) is 18.6 Å². The summed E-state index contributed by atoms with van der Waals surface area (Å²) in [6, 6.07) is 0. The number of phosphoric acid groups is 1. The molecule has 0 aromatic rings. The lowest BCUT2D eigenvalue weighted by Crippen LogP contribution is -2.64. The summed E-state index contributed by atoms with van der Waals surface area (Å²) in [6.07, 6.45) is 31.6. The monoisotopic (exact) mass is 901 g/mol. The Kier molecular flexibility index (Phi) is 35.5. The van der Waals surface area contributed by atoms with Gasteiger partial charge in [-0.1, -0.05) is 152 Å². The minimum absolute atomic E-state index is 0.0786. The number of rotatable bonds is 39. The van der Waals surface area contributed by atoms with Crippen molar-refractivity contribution in [2.24, 2.45) is 0 Å². The van der Waals surface area contributed by atoms with Crippen LogP contribution in [-0.4, -0.2) is 98.3 Å². The van der Waals surface area contributed by atoms with Crippen molar-refractivity contribution < 1.29 is 63.1 Å². The third kappa shape index (κ3) is 30.0. The lowest BCUT2D eigenvalue weighted by Gasteiger charge is -2.41. The fourth-order valence-electron chi connectivity index (χ4n) is 6.98. The molecule has 0 amide bonds. The Morgan fingerprint density at radius 3 is 1.35 bits per heavy atom. The number of aliphatic hydroxyl groups excluding tert-OH is 5. The summed E-state index contributed by atoms with van der Waals surface area (Å²) < 4.78 is 33.5. The summed E-state index contributed by atoms with van der Waals surface area (Å²) in [4.78, 5) is 35.7. The number of unbranched alkanes of at least 4 members (excludes halogenated alkanes) is 19. The zero-order chi connectivity index (χ0) is 45.7. The first-order valence-electron chi connectivity index (χ1n) is 23.9. The van der Waals surface area contributed by atoms with Crippen molar-refractivity contribution in [3.05, 3.63) is 48.6 Å². The van der Waals surface area contributed by atoms with E-state index < -0.39 is 75.7 Å².